The zero-order valence-electron chi connectivity index (χ0n) is 8.37. The molecule has 1 rings (SSSR count). The monoisotopic (exact) mass is 239 g/mol. The second kappa shape index (κ2) is 5.32. The maximum Gasteiger partial charge on any atom is 0.308 e. The predicted octanol–water partition coefficient (Wildman–Crippen LogP) is 2.31. The lowest BCUT2D eigenvalue weighted by Gasteiger charge is -2.06. The molecule has 5 heteroatoms. The van der Waals surface area contributed by atoms with Crippen molar-refractivity contribution in [3.8, 4) is 0 Å². The van der Waals surface area contributed by atoms with Crippen LogP contribution in [0.1, 0.15) is 6.42 Å². The van der Waals surface area contributed by atoms with E-state index in [0.29, 0.717) is 10.7 Å². The molecule has 0 spiro atoms. The van der Waals surface area contributed by atoms with Crippen molar-refractivity contribution in [2.45, 2.75) is 6.42 Å². The maximum atomic E-state index is 11.4. The number of carboxylic acids is 1. The molecule has 0 aliphatic heterocycles. The van der Waals surface area contributed by atoms with Crippen molar-refractivity contribution >= 4 is 29.2 Å². The van der Waals surface area contributed by atoms with Crippen LogP contribution in [-0.2, 0) is 9.59 Å². The van der Waals surface area contributed by atoms with E-state index in [1.54, 1.807) is 24.3 Å². The molecule has 0 aliphatic carbocycles. The fourth-order valence-corrected chi connectivity index (χ4v) is 1.24. The summed E-state index contributed by atoms with van der Waals surface area (Å²) in [5.74, 6) is -1.61. The first-order valence-corrected chi connectivity index (χ1v) is 4.83. The van der Waals surface area contributed by atoms with Gasteiger partial charge in [0.2, 0.25) is 0 Å². The number of hydrogen-bond acceptors (Lipinski definition) is 2. The standard InChI is InChI=1S/C11H10ClNO3/c1-7(5-10(14)15)11(16)13-9-4-2-3-8(12)6-9/h2-4,6H,1,5H2,(H,13,16)(H,14,15). The predicted molar refractivity (Wildman–Crippen MR) is 61.5 cm³/mol. The number of nitrogens with one attached hydrogen (secondary N) is 1. The molecule has 0 bridgehead atoms. The number of halogens is 1. The van der Waals surface area contributed by atoms with E-state index in [4.69, 9.17) is 16.7 Å². The Kier molecular flexibility index (Phi) is 4.08. The number of amides is 1. The topological polar surface area (TPSA) is 66.4 Å². The van der Waals surface area contributed by atoms with E-state index in [9.17, 15) is 9.59 Å². The van der Waals surface area contributed by atoms with Crippen molar-refractivity contribution in [3.05, 3.63) is 41.4 Å². The minimum absolute atomic E-state index is 0.00697. The highest BCUT2D eigenvalue weighted by molar-refractivity contribution is 6.30. The molecule has 0 saturated heterocycles. The number of carboxylic acid groups (broad SMARTS) is 1. The van der Waals surface area contributed by atoms with E-state index in [1.165, 1.54) is 0 Å². The summed E-state index contributed by atoms with van der Waals surface area (Å²) >= 11 is 5.72. The third-order valence-corrected chi connectivity index (χ3v) is 2.00. The summed E-state index contributed by atoms with van der Waals surface area (Å²) in [5, 5.41) is 11.5. The lowest BCUT2D eigenvalue weighted by atomic mass is 10.2. The van der Waals surface area contributed by atoms with Crippen molar-refractivity contribution in [1.29, 1.82) is 0 Å². The largest absolute Gasteiger partial charge is 0.481 e. The fraction of sp³-hybridized carbons (Fsp3) is 0.0909. The Bertz CT molecular complexity index is 443. The van der Waals surface area contributed by atoms with Crippen molar-refractivity contribution in [1.82, 2.24) is 0 Å². The van der Waals surface area contributed by atoms with Gasteiger partial charge in [-0.15, -0.1) is 0 Å². The summed E-state index contributed by atoms with van der Waals surface area (Å²) in [6, 6.07) is 6.56. The van der Waals surface area contributed by atoms with Gasteiger partial charge in [-0.05, 0) is 18.2 Å². The summed E-state index contributed by atoms with van der Waals surface area (Å²) in [6.45, 7) is 3.39. The smallest absolute Gasteiger partial charge is 0.308 e. The number of anilines is 1. The second-order valence-corrected chi connectivity index (χ2v) is 3.57. The van der Waals surface area contributed by atoms with Crippen LogP contribution in [-0.4, -0.2) is 17.0 Å². The Morgan fingerprint density at radius 1 is 1.44 bits per heavy atom. The van der Waals surface area contributed by atoms with Gasteiger partial charge in [-0.25, -0.2) is 0 Å². The molecule has 2 N–H and O–H groups in total. The fourth-order valence-electron chi connectivity index (χ4n) is 1.05. The average molecular weight is 240 g/mol. The highest BCUT2D eigenvalue weighted by atomic mass is 35.5. The van der Waals surface area contributed by atoms with E-state index >= 15 is 0 Å². The van der Waals surface area contributed by atoms with Gasteiger partial charge >= 0.3 is 5.97 Å². The molecule has 0 radical (unpaired) electrons. The molecule has 1 aromatic rings. The quantitative estimate of drug-likeness (QED) is 0.793. The molecule has 0 atom stereocenters. The molecule has 0 unspecified atom stereocenters. The molecule has 0 heterocycles. The van der Waals surface area contributed by atoms with Crippen LogP contribution < -0.4 is 5.32 Å². The van der Waals surface area contributed by atoms with Gasteiger partial charge in [-0.1, -0.05) is 24.2 Å². The second-order valence-electron chi connectivity index (χ2n) is 3.14. The van der Waals surface area contributed by atoms with Gasteiger partial charge in [-0.2, -0.15) is 0 Å². The number of benzene rings is 1. The van der Waals surface area contributed by atoms with E-state index in [1.807, 2.05) is 0 Å². The van der Waals surface area contributed by atoms with Crippen molar-refractivity contribution in [3.63, 3.8) is 0 Å². The van der Waals surface area contributed by atoms with Crippen LogP contribution in [0, 0.1) is 0 Å². The van der Waals surface area contributed by atoms with Crippen LogP contribution in [0.5, 0.6) is 0 Å². The van der Waals surface area contributed by atoms with Crippen molar-refractivity contribution < 1.29 is 14.7 Å². The van der Waals surface area contributed by atoms with Gasteiger partial charge in [-0.3, -0.25) is 9.59 Å². The van der Waals surface area contributed by atoms with Gasteiger partial charge in [0.05, 0.1) is 6.42 Å². The Hall–Kier alpha value is -1.81. The van der Waals surface area contributed by atoms with Gasteiger partial charge in [0.15, 0.2) is 0 Å². The molecule has 1 aromatic carbocycles. The van der Waals surface area contributed by atoms with E-state index in [0.717, 1.165) is 0 Å². The molecule has 1 amide bonds. The minimum atomic E-state index is -1.09. The van der Waals surface area contributed by atoms with Crippen molar-refractivity contribution in [2.75, 3.05) is 5.32 Å². The van der Waals surface area contributed by atoms with Crippen LogP contribution in [0.3, 0.4) is 0 Å². The number of carbonyl (C=O) groups excluding carboxylic acids is 1. The number of aliphatic carboxylic acids is 1. The van der Waals surface area contributed by atoms with Gasteiger partial charge in [0, 0.05) is 16.3 Å². The normalized spacial score (nSPS) is 9.56. The zero-order chi connectivity index (χ0) is 12.1. The molecule has 0 aromatic heterocycles. The zero-order valence-corrected chi connectivity index (χ0v) is 9.12. The van der Waals surface area contributed by atoms with Crippen LogP contribution in [0.4, 0.5) is 5.69 Å². The molecular formula is C11H10ClNO3. The lowest BCUT2D eigenvalue weighted by Crippen LogP contribution is -2.15. The Morgan fingerprint density at radius 3 is 2.69 bits per heavy atom. The average Bonchev–Trinajstić information content (AvgIpc) is 2.16. The first-order chi connectivity index (χ1) is 7.49. The number of carbonyl (C=O) groups is 2. The summed E-state index contributed by atoms with van der Waals surface area (Å²) in [5.41, 5.74) is 0.497. The van der Waals surface area contributed by atoms with Crippen LogP contribution >= 0.6 is 11.6 Å². The summed E-state index contributed by atoms with van der Waals surface area (Å²) < 4.78 is 0. The maximum absolute atomic E-state index is 11.4. The van der Waals surface area contributed by atoms with E-state index in [2.05, 4.69) is 11.9 Å². The van der Waals surface area contributed by atoms with Crippen LogP contribution in [0.2, 0.25) is 5.02 Å². The molecule has 0 saturated carbocycles. The van der Waals surface area contributed by atoms with Gasteiger partial charge in [0.1, 0.15) is 0 Å². The lowest BCUT2D eigenvalue weighted by molar-refractivity contribution is -0.136. The van der Waals surface area contributed by atoms with Gasteiger partial charge < -0.3 is 10.4 Å². The summed E-state index contributed by atoms with van der Waals surface area (Å²) in [6.07, 6.45) is -0.383. The molecular weight excluding hydrogens is 230 g/mol. The van der Waals surface area contributed by atoms with E-state index in [-0.39, 0.29) is 12.0 Å². The Labute approximate surface area is 97.5 Å². The van der Waals surface area contributed by atoms with Crippen LogP contribution in [0.25, 0.3) is 0 Å². The highest BCUT2D eigenvalue weighted by Gasteiger charge is 2.10. The molecule has 84 valence electrons. The minimum Gasteiger partial charge on any atom is -0.481 e. The first kappa shape index (κ1) is 12.3. The third kappa shape index (κ3) is 3.74. The molecule has 0 fully saturated rings. The SMILES string of the molecule is C=C(CC(=O)O)C(=O)Nc1cccc(Cl)c1. The molecule has 4 nitrogen and oxygen atoms in total. The number of hydrogen-bond donors (Lipinski definition) is 2. The number of rotatable bonds is 4. The molecule has 16 heavy (non-hydrogen) atoms. The molecule has 0 aliphatic rings. The first-order valence-electron chi connectivity index (χ1n) is 4.45. The summed E-state index contributed by atoms with van der Waals surface area (Å²) in [7, 11) is 0. The Morgan fingerprint density at radius 2 is 2.12 bits per heavy atom. The van der Waals surface area contributed by atoms with E-state index < -0.39 is 11.9 Å². The van der Waals surface area contributed by atoms with Gasteiger partial charge in [0.25, 0.3) is 5.91 Å². The highest BCUT2D eigenvalue weighted by Crippen LogP contribution is 2.15. The Balaban J connectivity index is 2.64. The third-order valence-electron chi connectivity index (χ3n) is 1.77. The van der Waals surface area contributed by atoms with Crippen molar-refractivity contribution in [2.24, 2.45) is 0 Å². The summed E-state index contributed by atoms with van der Waals surface area (Å²) in [4.78, 5) is 21.8. The van der Waals surface area contributed by atoms with Crippen LogP contribution in [0.15, 0.2) is 36.4 Å².